The fourth-order valence-corrected chi connectivity index (χ4v) is 4.81. The largest absolute Gasteiger partial charge is 0.300 e. The summed E-state index contributed by atoms with van der Waals surface area (Å²) in [4.78, 5) is 1.28. The van der Waals surface area contributed by atoms with Gasteiger partial charge in [-0.1, -0.05) is 83.3 Å². The van der Waals surface area contributed by atoms with Gasteiger partial charge in [-0.15, -0.1) is 11.8 Å². The molecule has 0 aliphatic heterocycles. The number of allylic oxidation sites excluding steroid dienone is 5. The third kappa shape index (κ3) is 4.94. The fraction of sp³-hybridized carbons (Fsp3) is 0.241. The summed E-state index contributed by atoms with van der Waals surface area (Å²) in [6.45, 7) is 16.7. The molecule has 1 unspecified atom stereocenters. The average Bonchev–Trinajstić information content (AvgIpc) is 2.78. The zero-order valence-corrected chi connectivity index (χ0v) is 20.3. The Kier molecular flexibility index (Phi) is 7.52. The standard InChI is InChI=1S/C15H17N.C14H15NS/c1-4-10(2)14-9-15(16)11(3)12-7-5-6-8-13(12)14;1-9(2)16-14-6-4-5-11-10(3)13(15)8-7-12(11)14/h5-10,16H,3-4H2,1-2H3;4-9,15H,3H2,1-2H3. The average molecular weight is 441 g/mol. The van der Waals surface area contributed by atoms with E-state index in [1.807, 2.05) is 48.2 Å². The zero-order chi connectivity index (χ0) is 23.4. The van der Waals surface area contributed by atoms with E-state index in [1.54, 1.807) is 0 Å². The minimum atomic E-state index is 0.495. The van der Waals surface area contributed by atoms with E-state index in [1.165, 1.54) is 21.6 Å². The first-order valence-corrected chi connectivity index (χ1v) is 12.0. The maximum absolute atomic E-state index is 7.95. The molecule has 2 aromatic carbocycles. The number of hydrogen-bond donors (Lipinski definition) is 2. The quantitative estimate of drug-likeness (QED) is 0.461. The summed E-state index contributed by atoms with van der Waals surface area (Å²) in [7, 11) is 0. The van der Waals surface area contributed by atoms with Crippen LogP contribution in [0.1, 0.15) is 56.4 Å². The number of benzene rings is 2. The topological polar surface area (TPSA) is 47.7 Å². The molecular weight excluding hydrogens is 408 g/mol. The number of thioether (sulfide) groups is 1. The molecular formula is C29H32N2S. The van der Waals surface area contributed by atoms with Crippen LogP contribution in [0.4, 0.5) is 0 Å². The Hall–Kier alpha value is -2.91. The first-order valence-electron chi connectivity index (χ1n) is 11.1. The minimum absolute atomic E-state index is 0.495. The molecule has 2 aromatic rings. The van der Waals surface area contributed by atoms with E-state index in [4.69, 9.17) is 10.8 Å². The lowest BCUT2D eigenvalue weighted by Gasteiger charge is -2.23. The van der Waals surface area contributed by atoms with Crippen molar-refractivity contribution in [3.8, 4) is 0 Å². The van der Waals surface area contributed by atoms with E-state index in [0.29, 0.717) is 22.6 Å². The molecule has 3 heteroatoms. The van der Waals surface area contributed by atoms with E-state index in [2.05, 4.69) is 65.1 Å². The molecule has 0 bridgehead atoms. The first-order chi connectivity index (χ1) is 15.2. The van der Waals surface area contributed by atoms with Crippen molar-refractivity contribution in [2.75, 3.05) is 0 Å². The van der Waals surface area contributed by atoms with Crippen molar-refractivity contribution in [2.24, 2.45) is 5.92 Å². The van der Waals surface area contributed by atoms with Crippen LogP contribution >= 0.6 is 11.8 Å². The molecule has 0 saturated carbocycles. The van der Waals surface area contributed by atoms with Crippen LogP contribution in [0.25, 0.3) is 22.8 Å². The molecule has 0 radical (unpaired) electrons. The Morgan fingerprint density at radius 3 is 2.09 bits per heavy atom. The van der Waals surface area contributed by atoms with Gasteiger partial charge in [0, 0.05) is 21.3 Å². The van der Waals surface area contributed by atoms with E-state index < -0.39 is 0 Å². The van der Waals surface area contributed by atoms with Crippen LogP contribution in [-0.2, 0) is 0 Å². The van der Waals surface area contributed by atoms with Crippen molar-refractivity contribution in [1.29, 1.82) is 10.8 Å². The lowest BCUT2D eigenvalue weighted by molar-refractivity contribution is 0.717. The molecule has 0 saturated heterocycles. The summed E-state index contributed by atoms with van der Waals surface area (Å²) in [5.74, 6) is 0.495. The molecule has 2 N–H and O–H groups in total. The number of hydrogen-bond acceptors (Lipinski definition) is 3. The number of nitrogens with one attached hydrogen (secondary N) is 2. The molecule has 2 aliphatic carbocycles. The second-order valence-corrected chi connectivity index (χ2v) is 10.1. The smallest absolute Gasteiger partial charge is 0.0615 e. The van der Waals surface area contributed by atoms with E-state index in [0.717, 1.165) is 28.7 Å². The molecule has 164 valence electrons. The van der Waals surface area contributed by atoms with Gasteiger partial charge in [0.25, 0.3) is 0 Å². The highest BCUT2D eigenvalue weighted by Crippen LogP contribution is 2.36. The highest BCUT2D eigenvalue weighted by atomic mass is 32.2. The fourth-order valence-electron chi connectivity index (χ4n) is 3.84. The summed E-state index contributed by atoms with van der Waals surface area (Å²) in [5.41, 5.74) is 8.67. The van der Waals surface area contributed by atoms with Crippen molar-refractivity contribution in [3.63, 3.8) is 0 Å². The van der Waals surface area contributed by atoms with Gasteiger partial charge in [-0.25, -0.2) is 0 Å². The van der Waals surface area contributed by atoms with Gasteiger partial charge in [-0.2, -0.15) is 0 Å². The second kappa shape index (κ2) is 10.1. The summed E-state index contributed by atoms with van der Waals surface area (Å²) in [6, 6.07) is 14.5. The molecule has 0 fully saturated rings. The van der Waals surface area contributed by atoms with Gasteiger partial charge < -0.3 is 10.8 Å². The van der Waals surface area contributed by atoms with Crippen LogP contribution in [-0.4, -0.2) is 16.7 Å². The van der Waals surface area contributed by atoms with Gasteiger partial charge in [-0.3, -0.25) is 0 Å². The van der Waals surface area contributed by atoms with Crippen molar-refractivity contribution < 1.29 is 0 Å². The lowest BCUT2D eigenvalue weighted by atomic mass is 9.81. The van der Waals surface area contributed by atoms with Gasteiger partial charge in [0.15, 0.2) is 0 Å². The van der Waals surface area contributed by atoms with Crippen molar-refractivity contribution in [3.05, 3.63) is 90.0 Å². The maximum atomic E-state index is 7.95. The summed E-state index contributed by atoms with van der Waals surface area (Å²) in [6.07, 6.45) is 6.92. The van der Waals surface area contributed by atoms with Gasteiger partial charge in [-0.05, 0) is 58.4 Å². The highest BCUT2D eigenvalue weighted by Gasteiger charge is 2.21. The summed E-state index contributed by atoms with van der Waals surface area (Å²) >= 11 is 1.85. The molecule has 1 atom stereocenters. The molecule has 0 aromatic heterocycles. The Bertz CT molecular complexity index is 1150. The number of rotatable bonds is 4. The SMILES string of the molecule is C=C1C(=N)C=C(C(C)CC)c2ccccc21.C=C1C(=N)C=Cc2c(SC(C)C)cccc21. The van der Waals surface area contributed by atoms with E-state index in [-0.39, 0.29) is 0 Å². The molecule has 32 heavy (non-hydrogen) atoms. The Morgan fingerprint density at radius 1 is 0.812 bits per heavy atom. The Labute approximate surface area is 196 Å². The predicted octanol–water partition coefficient (Wildman–Crippen LogP) is 8.41. The van der Waals surface area contributed by atoms with Crippen molar-refractivity contribution >= 4 is 46.0 Å². The predicted molar refractivity (Wildman–Crippen MR) is 144 cm³/mol. The minimum Gasteiger partial charge on any atom is -0.300 e. The molecule has 0 heterocycles. The third-order valence-electron chi connectivity index (χ3n) is 5.83. The monoisotopic (exact) mass is 440 g/mol. The highest BCUT2D eigenvalue weighted by molar-refractivity contribution is 8.00. The van der Waals surface area contributed by atoms with Crippen LogP contribution in [0.2, 0.25) is 0 Å². The second-order valence-electron chi connectivity index (χ2n) is 8.46. The molecule has 2 aliphatic rings. The molecule has 0 amide bonds. The molecule has 4 rings (SSSR count). The Morgan fingerprint density at radius 2 is 1.44 bits per heavy atom. The van der Waals surface area contributed by atoms with Crippen LogP contribution in [0, 0.1) is 16.7 Å². The number of fused-ring (bicyclic) bond motifs is 2. The van der Waals surface area contributed by atoms with Gasteiger partial charge in [0.1, 0.15) is 0 Å². The van der Waals surface area contributed by atoms with Crippen molar-refractivity contribution in [2.45, 2.75) is 44.3 Å². The van der Waals surface area contributed by atoms with Crippen LogP contribution in [0.3, 0.4) is 0 Å². The molecule has 0 spiro atoms. The van der Waals surface area contributed by atoms with E-state index >= 15 is 0 Å². The zero-order valence-electron chi connectivity index (χ0n) is 19.5. The van der Waals surface area contributed by atoms with Crippen molar-refractivity contribution in [1.82, 2.24) is 0 Å². The molecule has 2 nitrogen and oxygen atoms in total. The maximum Gasteiger partial charge on any atom is 0.0615 e. The normalized spacial score (nSPS) is 15.6. The summed E-state index contributed by atoms with van der Waals surface area (Å²) in [5, 5.41) is 16.3. The first kappa shape index (κ1) is 23.7. The van der Waals surface area contributed by atoms with E-state index in [9.17, 15) is 0 Å². The van der Waals surface area contributed by atoms with Gasteiger partial charge >= 0.3 is 0 Å². The van der Waals surface area contributed by atoms with Crippen LogP contribution in [0.5, 0.6) is 0 Å². The van der Waals surface area contributed by atoms with Crippen LogP contribution < -0.4 is 0 Å². The van der Waals surface area contributed by atoms with Gasteiger partial charge in [0.2, 0.25) is 0 Å². The Balaban J connectivity index is 0.000000181. The summed E-state index contributed by atoms with van der Waals surface area (Å²) < 4.78 is 0. The van der Waals surface area contributed by atoms with Gasteiger partial charge in [0.05, 0.1) is 11.4 Å². The third-order valence-corrected chi connectivity index (χ3v) is 6.91. The lowest BCUT2D eigenvalue weighted by Crippen LogP contribution is -2.10. The van der Waals surface area contributed by atoms with Crippen LogP contribution in [0.15, 0.2) is 72.7 Å².